The molecular weight excluding hydrogens is 511 g/mol. The van der Waals surface area contributed by atoms with Crippen LogP contribution in [0.15, 0.2) is 29.2 Å². The lowest BCUT2D eigenvalue weighted by Gasteiger charge is -2.41. The minimum absolute atomic E-state index is 0.0168. The Kier molecular flexibility index (Phi) is 8.24. The minimum Gasteiger partial charge on any atom is -0.465 e. The van der Waals surface area contributed by atoms with Crippen LogP contribution in [0.2, 0.25) is 0 Å². The molecule has 4 atom stereocenters. The van der Waals surface area contributed by atoms with Crippen LogP contribution < -0.4 is 5.32 Å². The van der Waals surface area contributed by atoms with E-state index in [-0.39, 0.29) is 49.2 Å². The molecule has 1 aliphatic heterocycles. The molecule has 1 aliphatic carbocycles. The molecular formula is C25H36F3N3O5S. The molecule has 37 heavy (non-hydrogen) atoms. The van der Waals surface area contributed by atoms with Crippen molar-refractivity contribution in [3.05, 3.63) is 29.8 Å². The van der Waals surface area contributed by atoms with Crippen molar-refractivity contribution < 1.29 is 36.3 Å². The second-order valence-electron chi connectivity index (χ2n) is 11.4. The molecule has 1 aromatic carbocycles. The summed E-state index contributed by atoms with van der Waals surface area (Å²) in [5.41, 5.74) is -1.73. The summed E-state index contributed by atoms with van der Waals surface area (Å²) >= 11 is 0. The summed E-state index contributed by atoms with van der Waals surface area (Å²) in [6, 6.07) is 2.89. The Morgan fingerprint density at radius 3 is 2.35 bits per heavy atom. The van der Waals surface area contributed by atoms with E-state index in [1.54, 1.807) is 20.8 Å². The number of alkyl halides is 3. The van der Waals surface area contributed by atoms with Crippen molar-refractivity contribution in [2.45, 2.75) is 82.6 Å². The van der Waals surface area contributed by atoms with Crippen molar-refractivity contribution in [3.63, 3.8) is 0 Å². The van der Waals surface area contributed by atoms with E-state index in [9.17, 15) is 36.3 Å². The van der Waals surface area contributed by atoms with Gasteiger partial charge in [0, 0.05) is 37.1 Å². The first-order valence-electron chi connectivity index (χ1n) is 12.4. The lowest BCUT2D eigenvalue weighted by atomic mass is 9.93. The molecule has 8 nitrogen and oxygen atoms in total. The summed E-state index contributed by atoms with van der Waals surface area (Å²) in [7, 11) is -4.13. The summed E-state index contributed by atoms with van der Waals surface area (Å²) in [4.78, 5) is 25.9. The number of carbonyl (C=O) groups is 2. The summed E-state index contributed by atoms with van der Waals surface area (Å²) in [6.07, 6.45) is -4.44. The van der Waals surface area contributed by atoms with Crippen LogP contribution in [0, 0.1) is 17.8 Å². The van der Waals surface area contributed by atoms with E-state index in [1.807, 2.05) is 13.8 Å². The maximum Gasteiger partial charge on any atom is 0.416 e. The highest BCUT2D eigenvalue weighted by molar-refractivity contribution is 7.89. The fraction of sp³-hybridized carbons (Fsp3) is 0.680. The smallest absolute Gasteiger partial charge is 0.416 e. The van der Waals surface area contributed by atoms with Crippen molar-refractivity contribution >= 4 is 22.0 Å². The van der Waals surface area contributed by atoms with E-state index < -0.39 is 44.3 Å². The number of fused-ring (bicyclic) bond motifs is 1. The van der Waals surface area contributed by atoms with E-state index in [0.717, 1.165) is 18.2 Å². The number of benzene rings is 1. The average Bonchev–Trinajstić information content (AvgIpc) is 3.34. The monoisotopic (exact) mass is 547 g/mol. The highest BCUT2D eigenvalue weighted by Crippen LogP contribution is 2.41. The number of halogens is 3. The van der Waals surface area contributed by atoms with Crippen LogP contribution in [0.3, 0.4) is 0 Å². The molecule has 1 saturated carbocycles. The lowest BCUT2D eigenvalue weighted by Crippen LogP contribution is -2.55. The number of nitrogens with zero attached hydrogens (tertiary/aromatic N) is 2. The van der Waals surface area contributed by atoms with Gasteiger partial charge in [-0.1, -0.05) is 19.9 Å². The van der Waals surface area contributed by atoms with Crippen molar-refractivity contribution in [1.82, 2.24) is 14.5 Å². The predicted octanol–water partition coefficient (Wildman–Crippen LogP) is 4.41. The molecule has 2 fully saturated rings. The third kappa shape index (κ3) is 6.39. The number of carbonyl (C=O) groups excluding carboxylic acids is 1. The Morgan fingerprint density at radius 2 is 1.81 bits per heavy atom. The fourth-order valence-corrected chi connectivity index (χ4v) is 7.17. The van der Waals surface area contributed by atoms with Crippen molar-refractivity contribution in [1.29, 1.82) is 0 Å². The number of amides is 2. The van der Waals surface area contributed by atoms with Gasteiger partial charge in [0.2, 0.25) is 15.9 Å². The first-order chi connectivity index (χ1) is 16.9. The van der Waals surface area contributed by atoms with E-state index in [2.05, 4.69) is 5.32 Å². The zero-order valence-electron chi connectivity index (χ0n) is 21.7. The highest BCUT2D eigenvalue weighted by Gasteiger charge is 2.47. The van der Waals surface area contributed by atoms with Crippen molar-refractivity contribution in [2.24, 2.45) is 17.8 Å². The van der Waals surface area contributed by atoms with Crippen LogP contribution in [0.5, 0.6) is 0 Å². The SMILES string of the molecule is CC(C)[C@@H](CC(=O)NC1CCC2CN(S(=O)(=O)c3cccc(C(F)(F)F)c3)CC21)N(C(=O)O)C(C)(C)C. The number of rotatable bonds is 7. The van der Waals surface area contributed by atoms with Crippen molar-refractivity contribution in [3.8, 4) is 0 Å². The molecule has 3 unspecified atom stereocenters. The van der Waals surface area contributed by atoms with E-state index in [0.29, 0.717) is 18.9 Å². The van der Waals surface area contributed by atoms with Crippen LogP contribution in [0.4, 0.5) is 18.0 Å². The first-order valence-corrected chi connectivity index (χ1v) is 13.9. The van der Waals surface area contributed by atoms with Crippen LogP contribution >= 0.6 is 0 Å². The quantitative estimate of drug-likeness (QED) is 0.526. The second kappa shape index (κ2) is 10.4. The van der Waals surface area contributed by atoms with Gasteiger partial charge < -0.3 is 10.4 Å². The molecule has 208 valence electrons. The lowest BCUT2D eigenvalue weighted by molar-refractivity contribution is -0.137. The van der Waals surface area contributed by atoms with Crippen LogP contribution in [-0.2, 0) is 21.0 Å². The van der Waals surface area contributed by atoms with Crippen LogP contribution in [0.1, 0.15) is 59.4 Å². The second-order valence-corrected chi connectivity index (χ2v) is 13.3. The van der Waals surface area contributed by atoms with Gasteiger partial charge in [-0.15, -0.1) is 0 Å². The van der Waals surface area contributed by atoms with Gasteiger partial charge in [0.25, 0.3) is 0 Å². The topological polar surface area (TPSA) is 107 Å². The molecule has 0 radical (unpaired) electrons. The minimum atomic E-state index is -4.65. The summed E-state index contributed by atoms with van der Waals surface area (Å²) < 4.78 is 66.8. The van der Waals surface area contributed by atoms with Gasteiger partial charge in [-0.3, -0.25) is 9.69 Å². The van der Waals surface area contributed by atoms with Gasteiger partial charge in [-0.05, 0) is 69.6 Å². The summed E-state index contributed by atoms with van der Waals surface area (Å²) in [5.74, 6) is -0.604. The van der Waals surface area contributed by atoms with Gasteiger partial charge in [-0.25, -0.2) is 13.2 Å². The molecule has 2 N–H and O–H groups in total. The standard InChI is InChI=1S/C25H36F3N3O5S/c1-15(2)21(31(23(33)34)24(3,4)5)12-22(32)29-20-10-9-16-13-30(14-19(16)20)37(35,36)18-8-6-7-17(11-18)25(26,27)28/h6-8,11,15-16,19-21H,9-10,12-14H2,1-5H3,(H,29,32)(H,33,34)/t16?,19?,20?,21-/m1/s1. The highest BCUT2D eigenvalue weighted by atomic mass is 32.2. The van der Waals surface area contributed by atoms with E-state index >= 15 is 0 Å². The predicted molar refractivity (Wildman–Crippen MR) is 131 cm³/mol. The largest absolute Gasteiger partial charge is 0.465 e. The van der Waals surface area contributed by atoms with Crippen molar-refractivity contribution in [2.75, 3.05) is 13.1 Å². The molecule has 2 amide bonds. The Bertz CT molecular complexity index is 1120. The van der Waals surface area contributed by atoms with Gasteiger partial charge >= 0.3 is 12.3 Å². The molecule has 0 bridgehead atoms. The number of sulfonamides is 1. The summed E-state index contributed by atoms with van der Waals surface area (Å²) in [5, 5.41) is 12.8. The van der Waals surface area contributed by atoms with Gasteiger partial charge in [0.15, 0.2) is 0 Å². The van der Waals surface area contributed by atoms with Gasteiger partial charge in [-0.2, -0.15) is 17.5 Å². The zero-order chi connectivity index (χ0) is 27.9. The van der Waals surface area contributed by atoms with Gasteiger partial charge in [0.1, 0.15) is 0 Å². The number of nitrogens with one attached hydrogen (secondary N) is 1. The molecule has 1 heterocycles. The zero-order valence-corrected chi connectivity index (χ0v) is 22.6. The Morgan fingerprint density at radius 1 is 1.16 bits per heavy atom. The number of hydrogen-bond donors (Lipinski definition) is 2. The third-order valence-corrected chi connectivity index (χ3v) is 9.22. The first kappa shape index (κ1) is 29.2. The maximum atomic E-state index is 13.1. The maximum absolute atomic E-state index is 13.1. The number of carboxylic acid groups (broad SMARTS) is 1. The molecule has 2 aliphatic rings. The fourth-order valence-electron chi connectivity index (χ4n) is 5.59. The average molecular weight is 548 g/mol. The Balaban J connectivity index is 1.71. The molecule has 12 heteroatoms. The molecule has 0 aromatic heterocycles. The van der Waals surface area contributed by atoms with E-state index in [1.165, 1.54) is 9.21 Å². The van der Waals surface area contributed by atoms with Gasteiger partial charge in [0.05, 0.1) is 10.5 Å². The normalized spacial score (nSPS) is 23.6. The third-order valence-electron chi connectivity index (χ3n) is 7.39. The summed E-state index contributed by atoms with van der Waals surface area (Å²) in [6.45, 7) is 9.32. The van der Waals surface area contributed by atoms with Crippen LogP contribution in [-0.4, -0.2) is 65.4 Å². The molecule has 3 rings (SSSR count). The molecule has 0 spiro atoms. The Labute approximate surface area is 216 Å². The van der Waals surface area contributed by atoms with Crippen LogP contribution in [0.25, 0.3) is 0 Å². The molecule has 1 aromatic rings. The molecule has 1 saturated heterocycles. The van der Waals surface area contributed by atoms with E-state index in [4.69, 9.17) is 0 Å². The number of hydrogen-bond acceptors (Lipinski definition) is 4. The Hall–Kier alpha value is -2.34.